The van der Waals surface area contributed by atoms with E-state index in [1.165, 1.54) is 0 Å². The highest BCUT2D eigenvalue weighted by atomic mass is 35.5. The molecule has 0 fully saturated rings. The van der Waals surface area contributed by atoms with E-state index in [4.69, 9.17) is 32.4 Å². The first-order valence-electron chi connectivity index (χ1n) is 8.77. The highest BCUT2D eigenvalue weighted by molar-refractivity contribution is 7.99. The van der Waals surface area contributed by atoms with Gasteiger partial charge in [-0.2, -0.15) is 0 Å². The van der Waals surface area contributed by atoms with E-state index in [9.17, 15) is 4.79 Å². The van der Waals surface area contributed by atoms with Crippen molar-refractivity contribution in [2.45, 2.75) is 32.1 Å². The van der Waals surface area contributed by atoms with Gasteiger partial charge in [-0.05, 0) is 56.2 Å². The molecular formula is C20H19Cl2N3O3S. The average Bonchev–Trinajstić information content (AvgIpc) is 3.14. The minimum Gasteiger partial charge on any atom is -0.479 e. The quantitative estimate of drug-likeness (QED) is 0.452. The monoisotopic (exact) mass is 451 g/mol. The van der Waals surface area contributed by atoms with Crippen LogP contribution in [0.4, 0.5) is 5.69 Å². The van der Waals surface area contributed by atoms with Crippen LogP contribution in [0.5, 0.6) is 5.75 Å². The Kier molecular flexibility index (Phi) is 7.05. The number of amides is 1. The highest BCUT2D eigenvalue weighted by Crippen LogP contribution is 2.31. The average molecular weight is 452 g/mol. The van der Waals surface area contributed by atoms with Crippen LogP contribution in [0.1, 0.15) is 30.0 Å². The number of anilines is 1. The number of hydrogen-bond donors (Lipinski definition) is 1. The van der Waals surface area contributed by atoms with Crippen LogP contribution in [0, 0.1) is 13.8 Å². The molecule has 0 saturated carbocycles. The van der Waals surface area contributed by atoms with Gasteiger partial charge < -0.3 is 14.5 Å². The second-order valence-electron chi connectivity index (χ2n) is 6.40. The molecule has 152 valence electrons. The lowest BCUT2D eigenvalue weighted by Gasteiger charge is -2.12. The number of carbonyl (C=O) groups is 1. The van der Waals surface area contributed by atoms with Gasteiger partial charge in [0.15, 0.2) is 6.10 Å². The Balaban J connectivity index is 1.55. The molecule has 29 heavy (non-hydrogen) atoms. The molecule has 1 atom stereocenters. The summed E-state index contributed by atoms with van der Waals surface area (Å²) in [7, 11) is 0. The van der Waals surface area contributed by atoms with Crippen molar-refractivity contribution in [3.8, 4) is 5.75 Å². The second kappa shape index (κ2) is 9.52. The standard InChI is InChI=1S/C20H19Cl2N3O3S/c1-11-4-5-12(2)16(8-11)23-18(26)10-29-20-25-24-19(28-20)13(3)27-17-7-6-14(21)9-15(17)22/h4-9,13H,10H2,1-3H3,(H,23,26)/t13-/m0/s1. The van der Waals surface area contributed by atoms with Gasteiger partial charge in [0.2, 0.25) is 5.91 Å². The summed E-state index contributed by atoms with van der Waals surface area (Å²) in [5.74, 6) is 0.741. The number of ether oxygens (including phenoxy) is 1. The molecule has 0 aliphatic rings. The molecule has 9 heteroatoms. The summed E-state index contributed by atoms with van der Waals surface area (Å²) < 4.78 is 11.3. The van der Waals surface area contributed by atoms with E-state index in [1.54, 1.807) is 25.1 Å². The van der Waals surface area contributed by atoms with Gasteiger partial charge >= 0.3 is 0 Å². The third kappa shape index (κ3) is 5.88. The maximum Gasteiger partial charge on any atom is 0.277 e. The molecule has 0 bridgehead atoms. The van der Waals surface area contributed by atoms with Gasteiger partial charge in [0, 0.05) is 10.7 Å². The van der Waals surface area contributed by atoms with Crippen molar-refractivity contribution in [1.29, 1.82) is 0 Å². The maximum atomic E-state index is 12.2. The predicted molar refractivity (Wildman–Crippen MR) is 115 cm³/mol. The number of rotatable bonds is 7. The molecule has 0 unspecified atom stereocenters. The predicted octanol–water partition coefficient (Wildman–Crippen LogP) is 5.86. The van der Waals surface area contributed by atoms with Crippen molar-refractivity contribution in [2.75, 3.05) is 11.1 Å². The second-order valence-corrected chi connectivity index (χ2v) is 8.17. The van der Waals surface area contributed by atoms with E-state index in [-0.39, 0.29) is 22.8 Å². The Morgan fingerprint density at radius 3 is 2.76 bits per heavy atom. The minimum atomic E-state index is -0.515. The highest BCUT2D eigenvalue weighted by Gasteiger charge is 2.18. The minimum absolute atomic E-state index is 0.146. The third-order valence-corrected chi connectivity index (χ3v) is 5.31. The molecule has 3 rings (SSSR count). The molecule has 1 N–H and O–H groups in total. The number of halogens is 2. The first-order chi connectivity index (χ1) is 13.8. The number of nitrogens with one attached hydrogen (secondary N) is 1. The number of aromatic nitrogens is 2. The third-order valence-electron chi connectivity index (χ3n) is 3.96. The summed E-state index contributed by atoms with van der Waals surface area (Å²) >= 11 is 13.2. The summed E-state index contributed by atoms with van der Waals surface area (Å²) in [5.41, 5.74) is 2.87. The summed E-state index contributed by atoms with van der Waals surface area (Å²) in [5, 5.41) is 12.0. The van der Waals surface area contributed by atoms with Crippen molar-refractivity contribution in [2.24, 2.45) is 0 Å². The van der Waals surface area contributed by atoms with E-state index >= 15 is 0 Å². The molecule has 0 spiro atoms. The van der Waals surface area contributed by atoms with Crippen molar-refractivity contribution < 1.29 is 13.9 Å². The fourth-order valence-electron chi connectivity index (χ4n) is 2.44. The summed E-state index contributed by atoms with van der Waals surface area (Å²) in [6.45, 7) is 5.69. The molecule has 2 aromatic carbocycles. The zero-order valence-electron chi connectivity index (χ0n) is 16.0. The lowest BCUT2D eigenvalue weighted by Crippen LogP contribution is -2.14. The Bertz CT molecular complexity index is 1030. The van der Waals surface area contributed by atoms with Gasteiger partial charge in [-0.15, -0.1) is 10.2 Å². The number of benzene rings is 2. The SMILES string of the molecule is Cc1ccc(C)c(NC(=O)CSc2nnc([C@H](C)Oc3ccc(Cl)cc3Cl)o2)c1. The molecule has 0 aliphatic heterocycles. The van der Waals surface area contributed by atoms with Gasteiger partial charge in [-0.25, -0.2) is 0 Å². The van der Waals surface area contributed by atoms with Crippen molar-refractivity contribution in [3.63, 3.8) is 0 Å². The first kappa shape index (κ1) is 21.5. The summed E-state index contributed by atoms with van der Waals surface area (Å²) in [6, 6.07) is 10.8. The zero-order valence-corrected chi connectivity index (χ0v) is 18.4. The molecule has 0 aliphatic carbocycles. The summed E-state index contributed by atoms with van der Waals surface area (Å²) in [4.78, 5) is 12.2. The molecular weight excluding hydrogens is 433 g/mol. The Morgan fingerprint density at radius 1 is 1.21 bits per heavy atom. The van der Waals surface area contributed by atoms with E-state index in [2.05, 4.69) is 15.5 Å². The molecule has 1 amide bonds. The topological polar surface area (TPSA) is 77.2 Å². The van der Waals surface area contributed by atoms with Crippen LogP contribution in [0.2, 0.25) is 10.0 Å². The lowest BCUT2D eigenvalue weighted by molar-refractivity contribution is -0.113. The smallest absolute Gasteiger partial charge is 0.277 e. The van der Waals surface area contributed by atoms with E-state index in [1.807, 2.05) is 32.0 Å². The normalized spacial score (nSPS) is 11.9. The number of hydrogen-bond acceptors (Lipinski definition) is 6. The van der Waals surface area contributed by atoms with E-state index < -0.39 is 6.10 Å². The van der Waals surface area contributed by atoms with Crippen LogP contribution in [-0.2, 0) is 4.79 Å². The first-order valence-corrected chi connectivity index (χ1v) is 10.5. The number of carbonyl (C=O) groups excluding carboxylic acids is 1. The van der Waals surface area contributed by atoms with E-state index in [0.29, 0.717) is 15.8 Å². The largest absolute Gasteiger partial charge is 0.479 e. The van der Waals surface area contributed by atoms with Crippen LogP contribution in [0.15, 0.2) is 46.0 Å². The van der Waals surface area contributed by atoms with Crippen molar-refractivity contribution in [1.82, 2.24) is 10.2 Å². The number of nitrogens with zero attached hydrogens (tertiary/aromatic N) is 2. The van der Waals surface area contributed by atoms with Crippen LogP contribution in [-0.4, -0.2) is 21.9 Å². The Morgan fingerprint density at radius 2 is 2.00 bits per heavy atom. The fraction of sp³-hybridized carbons (Fsp3) is 0.250. The van der Waals surface area contributed by atoms with Gasteiger partial charge in [-0.3, -0.25) is 4.79 Å². The molecule has 1 aromatic heterocycles. The van der Waals surface area contributed by atoms with E-state index in [0.717, 1.165) is 28.6 Å². The molecule has 1 heterocycles. The molecule has 0 radical (unpaired) electrons. The van der Waals surface area contributed by atoms with Gasteiger partial charge in [-0.1, -0.05) is 47.1 Å². The molecule has 0 saturated heterocycles. The molecule has 3 aromatic rings. The van der Waals surface area contributed by atoms with Crippen LogP contribution >= 0.6 is 35.0 Å². The number of aryl methyl sites for hydroxylation is 2. The Hall–Kier alpha value is -2.22. The van der Waals surface area contributed by atoms with Crippen molar-refractivity contribution >= 4 is 46.6 Å². The van der Waals surface area contributed by atoms with Crippen LogP contribution in [0.3, 0.4) is 0 Å². The van der Waals surface area contributed by atoms with Gasteiger partial charge in [0.05, 0.1) is 10.8 Å². The van der Waals surface area contributed by atoms with Gasteiger partial charge in [0.1, 0.15) is 5.75 Å². The van der Waals surface area contributed by atoms with Gasteiger partial charge in [0.25, 0.3) is 11.1 Å². The zero-order chi connectivity index (χ0) is 21.0. The lowest BCUT2D eigenvalue weighted by atomic mass is 10.1. The van der Waals surface area contributed by atoms with Crippen molar-refractivity contribution in [3.05, 3.63) is 63.5 Å². The fourth-order valence-corrected chi connectivity index (χ4v) is 3.46. The Labute approximate surface area is 182 Å². The summed E-state index contributed by atoms with van der Waals surface area (Å²) in [6.07, 6.45) is -0.515. The number of thioether (sulfide) groups is 1. The molecule has 6 nitrogen and oxygen atoms in total. The van der Waals surface area contributed by atoms with Crippen LogP contribution in [0.25, 0.3) is 0 Å². The van der Waals surface area contributed by atoms with Crippen LogP contribution < -0.4 is 10.1 Å². The maximum absolute atomic E-state index is 12.2.